The Kier molecular flexibility index (Phi) is 4.45. The van der Waals surface area contributed by atoms with Crippen LogP contribution in [0.2, 0.25) is 0 Å². The van der Waals surface area contributed by atoms with Crippen molar-refractivity contribution >= 4 is 27.8 Å². The summed E-state index contributed by atoms with van der Waals surface area (Å²) in [6.07, 6.45) is 1.56. The van der Waals surface area contributed by atoms with Gasteiger partial charge in [-0.2, -0.15) is 13.2 Å². The zero-order valence-corrected chi connectivity index (χ0v) is 15.6. The summed E-state index contributed by atoms with van der Waals surface area (Å²) in [7, 11) is 0. The number of nitrogens with one attached hydrogen (secondary N) is 2. The van der Waals surface area contributed by atoms with Crippen LogP contribution in [0.5, 0.6) is 5.88 Å². The molecule has 0 unspecified atom stereocenters. The number of aryl methyl sites for hydroxylation is 1. The van der Waals surface area contributed by atoms with Gasteiger partial charge in [0.25, 0.3) is 0 Å². The molecule has 0 aliphatic carbocycles. The lowest BCUT2D eigenvalue weighted by Gasteiger charge is -2.13. The average molecular weight is 402 g/mol. The minimum Gasteiger partial charge on any atom is -0.476 e. The van der Waals surface area contributed by atoms with Gasteiger partial charge in [-0.3, -0.25) is 4.79 Å². The number of rotatable bonds is 4. The predicted molar refractivity (Wildman–Crippen MR) is 104 cm³/mol. The van der Waals surface area contributed by atoms with Crippen molar-refractivity contribution in [1.82, 2.24) is 14.4 Å². The average Bonchev–Trinajstić information content (AvgIpc) is 3.02. The van der Waals surface area contributed by atoms with E-state index < -0.39 is 17.2 Å². The van der Waals surface area contributed by atoms with Crippen LogP contribution < -0.4 is 15.5 Å². The Morgan fingerprint density at radius 3 is 2.76 bits per heavy atom. The molecular weight excluding hydrogens is 385 g/mol. The first-order chi connectivity index (χ1) is 13.8. The van der Waals surface area contributed by atoms with Crippen LogP contribution in [0, 0.1) is 6.92 Å². The molecule has 3 aromatic heterocycles. The van der Waals surface area contributed by atoms with Crippen molar-refractivity contribution in [2.24, 2.45) is 0 Å². The number of ether oxygens (including phenoxy) is 1. The van der Waals surface area contributed by atoms with Crippen molar-refractivity contribution in [2.75, 3.05) is 11.9 Å². The van der Waals surface area contributed by atoms with Gasteiger partial charge in [0.2, 0.25) is 5.88 Å². The Bertz CT molecular complexity index is 1270. The van der Waals surface area contributed by atoms with E-state index in [0.29, 0.717) is 35.6 Å². The lowest BCUT2D eigenvalue weighted by molar-refractivity contribution is -0.136. The lowest BCUT2D eigenvalue weighted by Crippen LogP contribution is -2.10. The Balaban J connectivity index is 1.96. The van der Waals surface area contributed by atoms with Crippen LogP contribution >= 0.6 is 0 Å². The number of anilines is 2. The number of benzene rings is 1. The fraction of sp³-hybridized carbons (Fsp3) is 0.200. The SMILES string of the molecule is CCOc1ncc(C)cc1Nc1[nH]ccn2cc3c(C(F)(F)F)cc(=O)cc3c12. The van der Waals surface area contributed by atoms with E-state index in [4.69, 9.17) is 4.74 Å². The number of H-pyrrole nitrogens is 1. The van der Waals surface area contributed by atoms with Crippen molar-refractivity contribution in [1.29, 1.82) is 0 Å². The summed E-state index contributed by atoms with van der Waals surface area (Å²) in [4.78, 5) is 19.2. The van der Waals surface area contributed by atoms with Crippen LogP contribution in [0.1, 0.15) is 18.1 Å². The van der Waals surface area contributed by atoms with Crippen LogP contribution in [0.4, 0.5) is 24.7 Å². The number of hydrogen-bond donors (Lipinski definition) is 2. The molecule has 1 aromatic carbocycles. The summed E-state index contributed by atoms with van der Waals surface area (Å²) in [5.41, 5.74) is 0.181. The van der Waals surface area contributed by atoms with Gasteiger partial charge in [-0.05, 0) is 37.6 Å². The van der Waals surface area contributed by atoms with Crippen LogP contribution in [-0.2, 0) is 6.18 Å². The first kappa shape index (κ1) is 18.9. The number of fused-ring (bicyclic) bond motifs is 3. The Hall–Kier alpha value is -3.49. The Morgan fingerprint density at radius 1 is 1.24 bits per heavy atom. The van der Waals surface area contributed by atoms with Gasteiger partial charge in [-0.25, -0.2) is 4.98 Å². The summed E-state index contributed by atoms with van der Waals surface area (Å²) in [6.45, 7) is 4.10. The molecule has 0 atom stereocenters. The molecule has 0 saturated heterocycles. The number of alkyl halides is 3. The van der Waals surface area contributed by atoms with Gasteiger partial charge < -0.3 is 19.4 Å². The molecule has 0 amide bonds. The molecule has 29 heavy (non-hydrogen) atoms. The zero-order chi connectivity index (χ0) is 20.8. The van der Waals surface area contributed by atoms with E-state index in [0.717, 1.165) is 5.56 Å². The van der Waals surface area contributed by atoms with Gasteiger partial charge in [-0.1, -0.05) is 0 Å². The van der Waals surface area contributed by atoms with Gasteiger partial charge in [-0.15, -0.1) is 0 Å². The van der Waals surface area contributed by atoms with Gasteiger partial charge in [0, 0.05) is 35.6 Å². The smallest absolute Gasteiger partial charge is 0.417 e. The maximum atomic E-state index is 13.5. The quantitative estimate of drug-likeness (QED) is 0.522. The number of aromatic amines is 1. The van der Waals surface area contributed by atoms with E-state index >= 15 is 0 Å². The minimum absolute atomic E-state index is 0.0489. The van der Waals surface area contributed by atoms with E-state index in [2.05, 4.69) is 15.3 Å². The summed E-state index contributed by atoms with van der Waals surface area (Å²) in [5, 5.41) is 3.30. The maximum Gasteiger partial charge on any atom is 0.417 e. The van der Waals surface area contributed by atoms with Crippen molar-refractivity contribution in [3.63, 3.8) is 0 Å². The van der Waals surface area contributed by atoms with Crippen molar-refractivity contribution in [2.45, 2.75) is 20.0 Å². The normalized spacial score (nSPS) is 11.9. The molecule has 0 aliphatic heterocycles. The molecule has 9 heteroatoms. The van der Waals surface area contributed by atoms with E-state index in [1.807, 2.05) is 19.9 Å². The molecule has 6 nitrogen and oxygen atoms in total. The second kappa shape index (κ2) is 6.84. The van der Waals surface area contributed by atoms with E-state index in [1.54, 1.807) is 23.0 Å². The summed E-state index contributed by atoms with van der Waals surface area (Å²) in [5.74, 6) is 0.777. The van der Waals surface area contributed by atoms with Crippen molar-refractivity contribution in [3.05, 3.63) is 64.3 Å². The molecule has 4 aromatic rings. The van der Waals surface area contributed by atoms with Crippen molar-refractivity contribution in [3.8, 4) is 5.88 Å². The monoisotopic (exact) mass is 402 g/mol. The van der Waals surface area contributed by atoms with E-state index in [-0.39, 0.29) is 10.8 Å². The van der Waals surface area contributed by atoms with Crippen LogP contribution in [0.3, 0.4) is 0 Å². The number of nitrogens with zero attached hydrogens (tertiary/aromatic N) is 2. The first-order valence-corrected chi connectivity index (χ1v) is 8.87. The second-order valence-corrected chi connectivity index (χ2v) is 6.57. The molecule has 150 valence electrons. The molecule has 4 rings (SSSR count). The third kappa shape index (κ3) is 3.39. The van der Waals surface area contributed by atoms with E-state index in [9.17, 15) is 18.0 Å². The highest BCUT2D eigenvalue weighted by molar-refractivity contribution is 6.04. The summed E-state index contributed by atoms with van der Waals surface area (Å²) in [6, 6.07) is 3.65. The predicted octanol–water partition coefficient (Wildman–Crippen LogP) is 4.65. The highest BCUT2D eigenvalue weighted by atomic mass is 19.4. The van der Waals surface area contributed by atoms with Crippen LogP contribution in [-0.4, -0.2) is 21.0 Å². The van der Waals surface area contributed by atoms with Gasteiger partial charge >= 0.3 is 6.18 Å². The maximum absolute atomic E-state index is 13.5. The Morgan fingerprint density at radius 2 is 2.03 bits per heavy atom. The molecule has 0 radical (unpaired) electrons. The second-order valence-electron chi connectivity index (χ2n) is 6.57. The molecule has 3 heterocycles. The number of aromatic nitrogens is 3. The van der Waals surface area contributed by atoms with E-state index in [1.165, 1.54) is 12.3 Å². The highest BCUT2D eigenvalue weighted by Gasteiger charge is 2.34. The van der Waals surface area contributed by atoms with Gasteiger partial charge in [0.1, 0.15) is 11.5 Å². The zero-order valence-electron chi connectivity index (χ0n) is 15.6. The molecule has 2 N–H and O–H groups in total. The summed E-state index contributed by atoms with van der Waals surface area (Å²) >= 11 is 0. The van der Waals surface area contributed by atoms with Gasteiger partial charge in [0.15, 0.2) is 5.43 Å². The third-order valence-corrected chi connectivity index (χ3v) is 4.47. The van der Waals surface area contributed by atoms with Crippen molar-refractivity contribution < 1.29 is 17.9 Å². The molecule has 0 bridgehead atoms. The molecule has 0 spiro atoms. The number of halogens is 3. The lowest BCUT2D eigenvalue weighted by atomic mass is 10.1. The largest absolute Gasteiger partial charge is 0.476 e. The Labute approximate surface area is 163 Å². The fourth-order valence-electron chi connectivity index (χ4n) is 3.32. The molecular formula is C20H17F3N4O2. The first-order valence-electron chi connectivity index (χ1n) is 8.87. The minimum atomic E-state index is -4.64. The third-order valence-electron chi connectivity index (χ3n) is 4.47. The number of pyridine rings is 1. The molecule has 0 saturated carbocycles. The van der Waals surface area contributed by atoms with Crippen LogP contribution in [0.25, 0.3) is 16.3 Å². The van der Waals surface area contributed by atoms with Gasteiger partial charge in [0.05, 0.1) is 17.7 Å². The number of hydrogen-bond acceptors (Lipinski definition) is 4. The standard InChI is InChI=1S/C20H17F3N4O2/c1-3-29-19-16(6-11(2)9-25-19)26-18-17-13-7-12(28)8-15(20(21,22)23)14(13)10-27(17)5-4-24-18/h4-10,24,26H,3H2,1-2H3. The fourth-order valence-corrected chi connectivity index (χ4v) is 3.32. The summed E-state index contributed by atoms with van der Waals surface area (Å²) < 4.78 is 47.5. The van der Waals surface area contributed by atoms with Crippen LogP contribution in [0.15, 0.2) is 47.8 Å². The molecule has 0 fully saturated rings. The highest BCUT2D eigenvalue weighted by Crippen LogP contribution is 2.37. The molecule has 0 aliphatic rings. The topological polar surface area (TPSA) is 71.4 Å².